The first kappa shape index (κ1) is 17.7. The van der Waals surface area contributed by atoms with Crippen LogP contribution >= 0.6 is 0 Å². The topological polar surface area (TPSA) is 68.3 Å². The number of hydrogen-bond acceptors (Lipinski definition) is 4. The molecule has 0 aliphatic rings. The molecular weight excluding hydrogens is 304 g/mol. The number of amides is 1. The minimum atomic E-state index is -0.898. The molecule has 1 aromatic heterocycles. The second kappa shape index (κ2) is 7.73. The molecular formula is C19H22N2O3. The van der Waals surface area contributed by atoms with E-state index in [0.717, 1.165) is 16.8 Å². The molecule has 1 atom stereocenters. The predicted molar refractivity (Wildman–Crippen MR) is 93.0 cm³/mol. The van der Waals surface area contributed by atoms with Gasteiger partial charge in [0.1, 0.15) is 0 Å². The molecule has 126 valence electrons. The maximum Gasteiger partial charge on any atom is 0.339 e. The van der Waals surface area contributed by atoms with Crippen LogP contribution in [0.3, 0.4) is 0 Å². The van der Waals surface area contributed by atoms with Gasteiger partial charge < -0.3 is 10.1 Å². The Bertz CT molecular complexity index is 727. The van der Waals surface area contributed by atoms with Crippen molar-refractivity contribution in [3.05, 3.63) is 59.4 Å². The van der Waals surface area contributed by atoms with Crippen LogP contribution in [0.1, 0.15) is 48.2 Å². The third-order valence-corrected chi connectivity index (χ3v) is 3.74. The Morgan fingerprint density at radius 2 is 1.75 bits per heavy atom. The highest BCUT2D eigenvalue weighted by Crippen LogP contribution is 2.27. The number of para-hydroxylation sites is 1. The highest BCUT2D eigenvalue weighted by Gasteiger charge is 2.21. The summed E-state index contributed by atoms with van der Waals surface area (Å²) >= 11 is 0. The number of pyridine rings is 1. The van der Waals surface area contributed by atoms with E-state index in [9.17, 15) is 9.59 Å². The lowest BCUT2D eigenvalue weighted by Crippen LogP contribution is -2.30. The molecule has 0 fully saturated rings. The van der Waals surface area contributed by atoms with Crippen molar-refractivity contribution in [1.29, 1.82) is 0 Å². The summed E-state index contributed by atoms with van der Waals surface area (Å²) in [6.45, 7) is 7.63. The van der Waals surface area contributed by atoms with Gasteiger partial charge in [0.05, 0.1) is 5.56 Å². The van der Waals surface area contributed by atoms with Gasteiger partial charge in [0.15, 0.2) is 6.10 Å². The van der Waals surface area contributed by atoms with E-state index in [2.05, 4.69) is 24.1 Å². The van der Waals surface area contributed by atoms with Crippen molar-refractivity contribution in [2.45, 2.75) is 39.7 Å². The van der Waals surface area contributed by atoms with Crippen LogP contribution in [-0.4, -0.2) is 23.0 Å². The van der Waals surface area contributed by atoms with Crippen LogP contribution in [0.15, 0.2) is 42.7 Å². The normalized spacial score (nSPS) is 11.9. The molecule has 1 N–H and O–H groups in total. The van der Waals surface area contributed by atoms with Gasteiger partial charge >= 0.3 is 5.97 Å². The molecule has 5 heteroatoms. The van der Waals surface area contributed by atoms with Gasteiger partial charge in [0, 0.05) is 18.1 Å². The van der Waals surface area contributed by atoms with Gasteiger partial charge in [-0.05, 0) is 43.0 Å². The molecule has 1 aromatic carbocycles. The van der Waals surface area contributed by atoms with E-state index in [-0.39, 0.29) is 11.8 Å². The van der Waals surface area contributed by atoms with Crippen LogP contribution in [0.4, 0.5) is 5.69 Å². The monoisotopic (exact) mass is 326 g/mol. The van der Waals surface area contributed by atoms with Crippen LogP contribution in [0.5, 0.6) is 0 Å². The van der Waals surface area contributed by atoms with Gasteiger partial charge in [-0.15, -0.1) is 0 Å². The first-order valence-electron chi connectivity index (χ1n) is 7.91. The summed E-state index contributed by atoms with van der Waals surface area (Å²) < 4.78 is 5.23. The fourth-order valence-electron chi connectivity index (χ4n) is 2.34. The summed E-state index contributed by atoms with van der Waals surface area (Å²) in [6, 6.07) is 8.99. The lowest BCUT2D eigenvalue weighted by molar-refractivity contribution is -0.123. The van der Waals surface area contributed by atoms with Crippen LogP contribution < -0.4 is 5.32 Å². The number of nitrogens with one attached hydrogen (secondary N) is 1. The quantitative estimate of drug-likeness (QED) is 0.851. The van der Waals surface area contributed by atoms with E-state index in [1.54, 1.807) is 19.1 Å². The van der Waals surface area contributed by atoms with E-state index >= 15 is 0 Å². The zero-order valence-corrected chi connectivity index (χ0v) is 14.4. The van der Waals surface area contributed by atoms with Gasteiger partial charge in [-0.3, -0.25) is 9.78 Å². The van der Waals surface area contributed by atoms with E-state index in [0.29, 0.717) is 5.56 Å². The standard InChI is InChI=1S/C19H22N2O3/c1-12(2)16-7-5-6-13(3)17(16)21-18(22)14(4)24-19(23)15-8-10-20-11-9-15/h5-12,14H,1-4H3,(H,21,22)/t14-/m1/s1. The molecule has 2 rings (SSSR count). The van der Waals surface area contributed by atoms with E-state index < -0.39 is 12.1 Å². The minimum absolute atomic E-state index is 0.273. The Labute approximate surface area is 142 Å². The molecule has 0 bridgehead atoms. The fourth-order valence-corrected chi connectivity index (χ4v) is 2.34. The number of aryl methyl sites for hydroxylation is 1. The van der Waals surface area contributed by atoms with Crippen molar-refractivity contribution in [1.82, 2.24) is 4.98 Å². The molecule has 0 spiro atoms. The van der Waals surface area contributed by atoms with Crippen LogP contribution in [0, 0.1) is 6.92 Å². The van der Waals surface area contributed by atoms with Crippen LogP contribution in [-0.2, 0) is 9.53 Å². The van der Waals surface area contributed by atoms with Gasteiger partial charge in [-0.1, -0.05) is 32.0 Å². The summed E-state index contributed by atoms with van der Waals surface area (Å²) in [6.07, 6.45) is 2.11. The number of carbonyl (C=O) groups is 2. The number of carbonyl (C=O) groups excluding carboxylic acids is 2. The fraction of sp³-hybridized carbons (Fsp3) is 0.316. The van der Waals surface area contributed by atoms with Crippen molar-refractivity contribution in [2.24, 2.45) is 0 Å². The average Bonchev–Trinajstić information content (AvgIpc) is 2.57. The molecule has 24 heavy (non-hydrogen) atoms. The van der Waals surface area contributed by atoms with E-state index in [1.807, 2.05) is 25.1 Å². The molecule has 1 amide bonds. The molecule has 5 nitrogen and oxygen atoms in total. The second-order valence-corrected chi connectivity index (χ2v) is 5.97. The Morgan fingerprint density at radius 3 is 2.38 bits per heavy atom. The van der Waals surface area contributed by atoms with Crippen molar-refractivity contribution in [3.63, 3.8) is 0 Å². The average molecular weight is 326 g/mol. The summed E-state index contributed by atoms with van der Waals surface area (Å²) in [4.78, 5) is 28.3. The summed E-state index contributed by atoms with van der Waals surface area (Å²) in [5.74, 6) is -0.627. The van der Waals surface area contributed by atoms with E-state index in [1.165, 1.54) is 12.4 Å². The molecule has 0 unspecified atom stereocenters. The number of anilines is 1. The number of aromatic nitrogens is 1. The molecule has 0 aliphatic heterocycles. The van der Waals surface area contributed by atoms with E-state index in [4.69, 9.17) is 4.74 Å². The largest absolute Gasteiger partial charge is 0.449 e. The van der Waals surface area contributed by atoms with Crippen molar-refractivity contribution in [2.75, 3.05) is 5.32 Å². The third-order valence-electron chi connectivity index (χ3n) is 3.74. The maximum atomic E-state index is 12.4. The Morgan fingerprint density at radius 1 is 1.08 bits per heavy atom. The first-order chi connectivity index (χ1) is 11.4. The smallest absolute Gasteiger partial charge is 0.339 e. The van der Waals surface area contributed by atoms with Gasteiger partial charge in [-0.25, -0.2) is 4.79 Å². The van der Waals surface area contributed by atoms with Gasteiger partial charge in [-0.2, -0.15) is 0 Å². The first-order valence-corrected chi connectivity index (χ1v) is 7.91. The minimum Gasteiger partial charge on any atom is -0.449 e. The highest BCUT2D eigenvalue weighted by atomic mass is 16.5. The van der Waals surface area contributed by atoms with Crippen molar-refractivity contribution in [3.8, 4) is 0 Å². The number of ether oxygens (including phenoxy) is 1. The number of nitrogens with zero attached hydrogens (tertiary/aromatic N) is 1. The predicted octanol–water partition coefficient (Wildman–Crippen LogP) is 3.70. The number of benzene rings is 1. The van der Waals surface area contributed by atoms with Gasteiger partial charge in [0.25, 0.3) is 5.91 Å². The molecule has 0 radical (unpaired) electrons. The summed E-state index contributed by atoms with van der Waals surface area (Å²) in [7, 11) is 0. The second-order valence-electron chi connectivity index (χ2n) is 5.97. The van der Waals surface area contributed by atoms with Crippen LogP contribution in [0.2, 0.25) is 0 Å². The van der Waals surface area contributed by atoms with Crippen molar-refractivity contribution < 1.29 is 14.3 Å². The molecule has 0 saturated heterocycles. The lowest BCUT2D eigenvalue weighted by atomic mass is 9.98. The lowest BCUT2D eigenvalue weighted by Gasteiger charge is -2.19. The Hall–Kier alpha value is -2.69. The summed E-state index contributed by atoms with van der Waals surface area (Å²) in [5.41, 5.74) is 3.17. The number of hydrogen-bond donors (Lipinski definition) is 1. The molecule has 2 aromatic rings. The molecule has 1 heterocycles. The SMILES string of the molecule is Cc1cccc(C(C)C)c1NC(=O)[C@@H](C)OC(=O)c1ccncc1. The zero-order valence-electron chi connectivity index (χ0n) is 14.4. The maximum absolute atomic E-state index is 12.4. The molecule has 0 aliphatic carbocycles. The number of esters is 1. The summed E-state index contributed by atoms with van der Waals surface area (Å²) in [5, 5.41) is 2.89. The zero-order chi connectivity index (χ0) is 17.7. The molecule has 0 saturated carbocycles. The third kappa shape index (κ3) is 4.19. The highest BCUT2D eigenvalue weighted by molar-refractivity contribution is 5.98. The van der Waals surface area contributed by atoms with Crippen LogP contribution in [0.25, 0.3) is 0 Å². The number of rotatable bonds is 5. The Kier molecular flexibility index (Phi) is 5.68. The Balaban J connectivity index is 2.09. The van der Waals surface area contributed by atoms with Crippen molar-refractivity contribution >= 4 is 17.6 Å². The van der Waals surface area contributed by atoms with Gasteiger partial charge in [0.2, 0.25) is 0 Å².